The van der Waals surface area contributed by atoms with Crippen LogP contribution in [0.1, 0.15) is 44.5 Å². The third-order valence-corrected chi connectivity index (χ3v) is 7.35. The molecule has 5 rings (SSSR count). The van der Waals surface area contributed by atoms with E-state index in [1.165, 1.54) is 48.5 Å². The van der Waals surface area contributed by atoms with Crippen LogP contribution in [0.15, 0.2) is 48.5 Å². The van der Waals surface area contributed by atoms with Gasteiger partial charge in [-0.1, -0.05) is 23.2 Å². The topological polar surface area (TPSA) is 167 Å². The van der Waals surface area contributed by atoms with E-state index in [-0.39, 0.29) is 115 Å². The Balaban J connectivity index is 1.82. The molecule has 0 saturated heterocycles. The summed E-state index contributed by atoms with van der Waals surface area (Å²) in [6, 6.07) is 10.5. The van der Waals surface area contributed by atoms with Crippen LogP contribution in [0, 0.1) is 20.2 Å². The maximum atomic E-state index is 11.7. The molecule has 8 bridgehead atoms. The van der Waals surface area contributed by atoms with Crippen molar-refractivity contribution in [1.29, 1.82) is 0 Å². The van der Waals surface area contributed by atoms with Gasteiger partial charge in [0.15, 0.2) is 0 Å². The molecule has 1 aliphatic rings. The van der Waals surface area contributed by atoms with Crippen LogP contribution < -0.4 is 0 Å². The lowest BCUT2D eigenvalue weighted by Crippen LogP contribution is -2.03. The van der Waals surface area contributed by atoms with E-state index >= 15 is 0 Å². The van der Waals surface area contributed by atoms with Crippen LogP contribution in [0.25, 0.3) is 0 Å². The van der Waals surface area contributed by atoms with E-state index in [1.54, 1.807) is 0 Å². The highest BCUT2D eigenvalue weighted by molar-refractivity contribution is 6.31. The average Bonchev–Trinajstić information content (AvgIpc) is 2.88. The van der Waals surface area contributed by atoms with Crippen molar-refractivity contribution in [1.82, 2.24) is 0 Å². The Hall–Kier alpha value is -4.54. The van der Waals surface area contributed by atoms with Gasteiger partial charge in [-0.25, -0.2) is 0 Å². The van der Waals surface area contributed by atoms with Gasteiger partial charge in [0.25, 0.3) is 11.4 Å². The van der Waals surface area contributed by atoms with E-state index in [0.717, 1.165) is 0 Å². The lowest BCUT2D eigenvalue weighted by Gasteiger charge is -2.17. The fraction of sp³-hybridized carbons (Fsp3) is 0.143. The van der Waals surface area contributed by atoms with Gasteiger partial charge in [-0.2, -0.15) is 0 Å². The predicted octanol–water partition coefficient (Wildman–Crippen LogP) is 6.31. The van der Waals surface area contributed by atoms with Crippen molar-refractivity contribution >= 4 is 34.6 Å². The fourth-order valence-corrected chi connectivity index (χ4v) is 5.55. The van der Waals surface area contributed by atoms with E-state index in [9.17, 15) is 40.7 Å². The molecule has 12 heteroatoms. The van der Waals surface area contributed by atoms with Crippen LogP contribution in [-0.2, 0) is 25.7 Å². The number of nitro benzene ring substituents is 2. The SMILES string of the molecule is O=[N+]([O-])c1cc2c(O)c(c1)Cc1cc(Cl)cc(c1O)Cc1cc([N+](=O)[O-])cc(c1O)Cc1cc(Cl)cc(c1O)C2. The number of phenolic OH excluding ortho intramolecular Hbond substituents is 4. The summed E-state index contributed by atoms with van der Waals surface area (Å²) in [5, 5.41) is 68.3. The number of aromatic hydroxyl groups is 4. The van der Waals surface area contributed by atoms with Crippen LogP contribution in [0.4, 0.5) is 11.4 Å². The molecule has 0 atom stereocenters. The number of hydrogen-bond donors (Lipinski definition) is 4. The first-order valence-corrected chi connectivity index (χ1v) is 12.7. The van der Waals surface area contributed by atoms with Crippen molar-refractivity contribution < 1.29 is 30.3 Å². The van der Waals surface area contributed by atoms with Crippen LogP contribution in [0.5, 0.6) is 23.0 Å². The minimum Gasteiger partial charge on any atom is -0.507 e. The number of hydrogen-bond acceptors (Lipinski definition) is 8. The molecule has 0 unspecified atom stereocenters. The summed E-state index contributed by atoms with van der Waals surface area (Å²) in [5.74, 6) is -1.02. The molecule has 10 nitrogen and oxygen atoms in total. The smallest absolute Gasteiger partial charge is 0.270 e. The fourth-order valence-electron chi connectivity index (χ4n) is 5.03. The van der Waals surface area contributed by atoms with Gasteiger partial charge in [0, 0.05) is 105 Å². The zero-order valence-corrected chi connectivity index (χ0v) is 22.0. The van der Waals surface area contributed by atoms with E-state index in [1.807, 2.05) is 0 Å². The number of non-ortho nitro benzene ring substituents is 2. The van der Waals surface area contributed by atoms with Gasteiger partial charge in [0.2, 0.25) is 0 Å². The quantitative estimate of drug-likeness (QED) is 0.139. The van der Waals surface area contributed by atoms with Gasteiger partial charge >= 0.3 is 0 Å². The van der Waals surface area contributed by atoms with Crippen molar-refractivity contribution in [2.24, 2.45) is 0 Å². The molecule has 0 amide bonds. The molecule has 0 aromatic heterocycles. The molecule has 4 N–H and O–H groups in total. The summed E-state index contributed by atoms with van der Waals surface area (Å²) in [5.41, 5.74) is 0.819. The number of nitrogens with zero attached hydrogens (tertiary/aromatic N) is 2. The Morgan fingerprint density at radius 1 is 0.475 bits per heavy atom. The van der Waals surface area contributed by atoms with Gasteiger partial charge in [-0.3, -0.25) is 20.2 Å². The number of nitro groups is 2. The first-order valence-electron chi connectivity index (χ1n) is 11.9. The summed E-state index contributed by atoms with van der Waals surface area (Å²) in [6.07, 6.45) is -0.616. The largest absolute Gasteiger partial charge is 0.507 e. The zero-order valence-electron chi connectivity index (χ0n) is 20.5. The first kappa shape index (κ1) is 27.0. The van der Waals surface area contributed by atoms with Crippen molar-refractivity contribution in [3.8, 4) is 23.0 Å². The highest BCUT2D eigenvalue weighted by Crippen LogP contribution is 2.41. The van der Waals surface area contributed by atoms with Crippen LogP contribution in [-0.4, -0.2) is 30.3 Å². The monoisotopic (exact) mass is 582 g/mol. The highest BCUT2D eigenvalue weighted by atomic mass is 35.5. The average molecular weight is 583 g/mol. The van der Waals surface area contributed by atoms with Crippen molar-refractivity contribution in [3.63, 3.8) is 0 Å². The second-order valence-corrected chi connectivity index (χ2v) is 10.5. The predicted molar refractivity (Wildman–Crippen MR) is 147 cm³/mol. The number of fused-ring (bicyclic) bond motifs is 8. The van der Waals surface area contributed by atoms with Crippen LogP contribution >= 0.6 is 23.2 Å². The second-order valence-electron chi connectivity index (χ2n) is 9.59. The molecule has 4 aromatic carbocycles. The first-order chi connectivity index (χ1) is 18.9. The Morgan fingerprint density at radius 3 is 0.875 bits per heavy atom. The minimum atomic E-state index is -0.612. The van der Waals surface area contributed by atoms with Crippen molar-refractivity contribution in [2.45, 2.75) is 25.7 Å². The van der Waals surface area contributed by atoms with E-state index < -0.39 is 9.85 Å². The van der Waals surface area contributed by atoms with E-state index in [0.29, 0.717) is 0 Å². The maximum Gasteiger partial charge on any atom is 0.270 e. The normalized spacial score (nSPS) is 12.7. The van der Waals surface area contributed by atoms with Gasteiger partial charge in [0.05, 0.1) is 9.85 Å². The third-order valence-electron chi connectivity index (χ3n) is 6.92. The Labute approximate surface area is 236 Å². The van der Waals surface area contributed by atoms with Gasteiger partial charge in [0.1, 0.15) is 23.0 Å². The summed E-state index contributed by atoms with van der Waals surface area (Å²) in [6.45, 7) is 0. The number of benzene rings is 4. The summed E-state index contributed by atoms with van der Waals surface area (Å²) < 4.78 is 0. The molecule has 40 heavy (non-hydrogen) atoms. The molecule has 0 aliphatic heterocycles. The second kappa shape index (κ2) is 10.2. The molecular weight excluding hydrogens is 563 g/mol. The lowest BCUT2D eigenvalue weighted by molar-refractivity contribution is -0.385. The minimum absolute atomic E-state index is 0.127. The summed E-state index contributed by atoms with van der Waals surface area (Å²) in [7, 11) is 0. The molecule has 0 fully saturated rings. The molecule has 0 radical (unpaired) electrons. The van der Waals surface area contributed by atoms with Crippen molar-refractivity contribution in [3.05, 3.63) is 123 Å². The molecule has 0 saturated carbocycles. The molecule has 1 aliphatic carbocycles. The lowest BCUT2D eigenvalue weighted by atomic mass is 9.91. The third kappa shape index (κ3) is 5.06. The van der Waals surface area contributed by atoms with E-state index in [2.05, 4.69) is 0 Å². The zero-order chi connectivity index (χ0) is 28.9. The van der Waals surface area contributed by atoms with Crippen LogP contribution in [0.3, 0.4) is 0 Å². The summed E-state index contributed by atoms with van der Waals surface area (Å²) >= 11 is 12.7. The van der Waals surface area contributed by atoms with Gasteiger partial charge in [-0.15, -0.1) is 0 Å². The molecule has 0 heterocycles. The van der Waals surface area contributed by atoms with Crippen molar-refractivity contribution in [2.75, 3.05) is 0 Å². The molecular formula is C28H20Cl2N2O8. The molecule has 0 spiro atoms. The molecule has 204 valence electrons. The number of phenols is 4. The Kier molecular flexibility index (Phi) is 6.91. The van der Waals surface area contributed by atoms with Crippen LogP contribution in [0.2, 0.25) is 10.0 Å². The number of rotatable bonds is 2. The standard InChI is InChI=1S/C28H20Cl2N2O8/c29-21-5-13-1-17-9-23(31(37)38)10-18(27(17)35)3-15-7-22(30)8-16(26(15)34)4-20-12-24(32(39)40)11-19(28(20)36)2-14(6-21)25(13)33/h5-12,33-36H,1-4H2. The molecule has 4 aromatic rings. The van der Waals surface area contributed by atoms with Gasteiger partial charge < -0.3 is 20.4 Å². The summed E-state index contributed by atoms with van der Waals surface area (Å²) in [4.78, 5) is 22.2. The van der Waals surface area contributed by atoms with E-state index in [4.69, 9.17) is 23.2 Å². The maximum absolute atomic E-state index is 11.7. The highest BCUT2D eigenvalue weighted by Gasteiger charge is 2.24. The number of halogens is 2. The Bertz CT molecular complexity index is 1510. The van der Waals surface area contributed by atoms with Gasteiger partial charge in [-0.05, 0) is 24.3 Å². The Morgan fingerprint density at radius 2 is 0.675 bits per heavy atom.